The Bertz CT molecular complexity index is 640. The highest BCUT2D eigenvalue weighted by atomic mass is 79.9. The second-order valence-electron chi connectivity index (χ2n) is 5.32. The minimum Gasteiger partial charge on any atom is -0.275 e. The molecule has 4 heteroatoms. The molecule has 0 radical (unpaired) electrons. The van der Waals surface area contributed by atoms with E-state index in [9.17, 15) is 4.79 Å². The number of hydrogen-bond donors (Lipinski definition) is 0. The van der Waals surface area contributed by atoms with E-state index in [0.717, 1.165) is 21.2 Å². The first kappa shape index (κ1) is 16.7. The van der Waals surface area contributed by atoms with Crippen LogP contribution in [0.2, 0.25) is 0 Å². The van der Waals surface area contributed by atoms with Crippen molar-refractivity contribution in [3.8, 4) is 0 Å². The molecule has 0 aliphatic rings. The minimum absolute atomic E-state index is 0.0454. The van der Waals surface area contributed by atoms with E-state index in [4.69, 9.17) is 4.84 Å². The summed E-state index contributed by atoms with van der Waals surface area (Å²) in [5.74, 6) is -0.304. The summed E-state index contributed by atoms with van der Waals surface area (Å²) in [7, 11) is 3.15. The molecule has 0 aliphatic carbocycles. The summed E-state index contributed by atoms with van der Waals surface area (Å²) in [6, 6.07) is 16.1. The lowest BCUT2D eigenvalue weighted by atomic mass is 9.90. The van der Waals surface area contributed by atoms with Crippen LogP contribution < -0.4 is 0 Å². The number of hydrogen-bond acceptors (Lipinski definition) is 2. The maximum absolute atomic E-state index is 12.6. The van der Waals surface area contributed by atoms with Crippen molar-refractivity contribution in [3.05, 3.63) is 69.7 Å². The third-order valence-corrected chi connectivity index (χ3v) is 4.21. The van der Waals surface area contributed by atoms with Gasteiger partial charge in [0.15, 0.2) is 0 Å². The van der Waals surface area contributed by atoms with Crippen molar-refractivity contribution in [1.82, 2.24) is 5.06 Å². The van der Waals surface area contributed by atoms with Crippen LogP contribution in [0.5, 0.6) is 0 Å². The molecule has 1 amide bonds. The predicted octanol–water partition coefficient (Wildman–Crippen LogP) is 4.10. The fourth-order valence-electron chi connectivity index (χ4n) is 2.40. The number of likely N-dealkylation sites (N-methyl/N-ethyl adjacent to an activating group) is 1. The molecule has 2 aromatic rings. The van der Waals surface area contributed by atoms with Gasteiger partial charge in [0.05, 0.1) is 13.0 Å². The number of benzene rings is 2. The quantitative estimate of drug-likeness (QED) is 0.750. The van der Waals surface area contributed by atoms with Crippen molar-refractivity contribution >= 4 is 21.8 Å². The molecule has 2 aromatic carbocycles. The summed E-state index contributed by atoms with van der Waals surface area (Å²) >= 11 is 3.43. The van der Waals surface area contributed by atoms with Crippen LogP contribution in [0.4, 0.5) is 0 Å². The average molecular weight is 362 g/mol. The zero-order valence-corrected chi connectivity index (χ0v) is 14.6. The van der Waals surface area contributed by atoms with Gasteiger partial charge < -0.3 is 0 Å². The number of carbonyl (C=O) groups is 1. The first-order valence-electron chi connectivity index (χ1n) is 7.14. The molecule has 0 aromatic heterocycles. The Kier molecular flexibility index (Phi) is 5.75. The van der Waals surface area contributed by atoms with Crippen molar-refractivity contribution < 1.29 is 9.63 Å². The van der Waals surface area contributed by atoms with Gasteiger partial charge >= 0.3 is 0 Å². The van der Waals surface area contributed by atoms with Gasteiger partial charge in [-0.05, 0) is 36.6 Å². The van der Waals surface area contributed by atoms with Gasteiger partial charge in [-0.15, -0.1) is 0 Å². The number of hydroxylamine groups is 2. The molecule has 0 fully saturated rings. The van der Waals surface area contributed by atoms with Crippen molar-refractivity contribution in [2.24, 2.45) is 0 Å². The van der Waals surface area contributed by atoms with Crippen LogP contribution in [-0.2, 0) is 16.1 Å². The Morgan fingerprint density at radius 2 is 1.91 bits per heavy atom. The predicted molar refractivity (Wildman–Crippen MR) is 91.5 cm³/mol. The lowest BCUT2D eigenvalue weighted by Gasteiger charge is -2.22. The third kappa shape index (κ3) is 4.18. The van der Waals surface area contributed by atoms with Crippen LogP contribution >= 0.6 is 15.9 Å². The standard InChI is InChI=1S/C18H20BrNO2/c1-13-5-4-6-15(11-13)17(18(21)20(2)22-3)12-14-7-9-16(19)10-8-14/h4-11,17H,12H2,1-3H3. The Morgan fingerprint density at radius 1 is 1.23 bits per heavy atom. The van der Waals surface area contributed by atoms with E-state index in [2.05, 4.69) is 22.0 Å². The Morgan fingerprint density at radius 3 is 2.50 bits per heavy atom. The first-order chi connectivity index (χ1) is 10.5. The van der Waals surface area contributed by atoms with Crippen LogP contribution in [-0.4, -0.2) is 25.1 Å². The van der Waals surface area contributed by atoms with Crippen LogP contribution in [0.1, 0.15) is 22.6 Å². The van der Waals surface area contributed by atoms with Crippen LogP contribution in [0.25, 0.3) is 0 Å². The van der Waals surface area contributed by atoms with Gasteiger partial charge in [0, 0.05) is 11.5 Å². The molecule has 0 spiro atoms. The Hall–Kier alpha value is -1.65. The number of nitrogens with zero attached hydrogens (tertiary/aromatic N) is 1. The molecule has 0 saturated heterocycles. The van der Waals surface area contributed by atoms with Crippen molar-refractivity contribution in [3.63, 3.8) is 0 Å². The summed E-state index contributed by atoms with van der Waals surface area (Å²) < 4.78 is 1.03. The van der Waals surface area contributed by atoms with Crippen LogP contribution in [0.3, 0.4) is 0 Å². The number of carbonyl (C=O) groups excluding carboxylic acids is 1. The Labute approximate surface area is 140 Å². The Balaban J connectivity index is 2.32. The zero-order valence-electron chi connectivity index (χ0n) is 13.0. The maximum Gasteiger partial charge on any atom is 0.253 e. The van der Waals surface area contributed by atoms with E-state index < -0.39 is 0 Å². The third-order valence-electron chi connectivity index (χ3n) is 3.68. The molecule has 0 saturated carbocycles. The van der Waals surface area contributed by atoms with E-state index in [0.29, 0.717) is 6.42 Å². The van der Waals surface area contributed by atoms with Gasteiger partial charge in [0.1, 0.15) is 0 Å². The molecule has 22 heavy (non-hydrogen) atoms. The lowest BCUT2D eigenvalue weighted by Crippen LogP contribution is -2.32. The molecule has 1 unspecified atom stereocenters. The number of amides is 1. The highest BCUT2D eigenvalue weighted by molar-refractivity contribution is 9.10. The second-order valence-corrected chi connectivity index (χ2v) is 6.23. The molecular formula is C18H20BrNO2. The average Bonchev–Trinajstić information content (AvgIpc) is 2.53. The summed E-state index contributed by atoms with van der Waals surface area (Å²) in [5, 5.41) is 1.30. The van der Waals surface area contributed by atoms with Gasteiger partial charge in [-0.25, -0.2) is 5.06 Å². The van der Waals surface area contributed by atoms with E-state index in [1.165, 1.54) is 12.2 Å². The fraction of sp³-hybridized carbons (Fsp3) is 0.278. The monoisotopic (exact) mass is 361 g/mol. The number of aryl methyl sites for hydroxylation is 1. The van der Waals surface area contributed by atoms with E-state index in [1.54, 1.807) is 7.05 Å². The lowest BCUT2D eigenvalue weighted by molar-refractivity contribution is -0.170. The zero-order chi connectivity index (χ0) is 16.1. The molecule has 0 heterocycles. The van der Waals surface area contributed by atoms with Crippen molar-refractivity contribution in [2.45, 2.75) is 19.3 Å². The van der Waals surface area contributed by atoms with E-state index >= 15 is 0 Å². The summed E-state index contributed by atoms with van der Waals surface area (Å²) in [4.78, 5) is 17.7. The molecule has 1 atom stereocenters. The number of rotatable bonds is 5. The molecule has 116 valence electrons. The molecule has 3 nitrogen and oxygen atoms in total. The summed E-state index contributed by atoms with van der Waals surface area (Å²) in [6.07, 6.45) is 0.642. The minimum atomic E-state index is -0.258. The van der Waals surface area contributed by atoms with Gasteiger partial charge in [-0.3, -0.25) is 9.63 Å². The van der Waals surface area contributed by atoms with Crippen LogP contribution in [0, 0.1) is 6.92 Å². The van der Waals surface area contributed by atoms with Gasteiger partial charge in [-0.1, -0.05) is 57.9 Å². The van der Waals surface area contributed by atoms with Crippen LogP contribution in [0.15, 0.2) is 53.0 Å². The topological polar surface area (TPSA) is 29.5 Å². The first-order valence-corrected chi connectivity index (χ1v) is 7.93. The molecule has 0 bridgehead atoms. The fourth-order valence-corrected chi connectivity index (χ4v) is 2.66. The van der Waals surface area contributed by atoms with Gasteiger partial charge in [0.25, 0.3) is 5.91 Å². The summed E-state index contributed by atoms with van der Waals surface area (Å²) in [5.41, 5.74) is 3.27. The normalized spacial score (nSPS) is 12.0. The van der Waals surface area contributed by atoms with E-state index in [1.807, 2.05) is 49.4 Å². The molecule has 0 aliphatic heterocycles. The largest absolute Gasteiger partial charge is 0.275 e. The number of halogens is 1. The smallest absolute Gasteiger partial charge is 0.253 e. The molecule has 2 rings (SSSR count). The van der Waals surface area contributed by atoms with Gasteiger partial charge in [0.2, 0.25) is 0 Å². The highest BCUT2D eigenvalue weighted by Gasteiger charge is 2.24. The van der Waals surface area contributed by atoms with Crippen molar-refractivity contribution in [2.75, 3.05) is 14.2 Å². The second kappa shape index (κ2) is 7.56. The van der Waals surface area contributed by atoms with E-state index in [-0.39, 0.29) is 11.8 Å². The SMILES string of the molecule is CON(C)C(=O)C(Cc1ccc(Br)cc1)c1cccc(C)c1. The molecule has 0 N–H and O–H groups in total. The molecular weight excluding hydrogens is 342 g/mol. The van der Waals surface area contributed by atoms with Gasteiger partial charge in [-0.2, -0.15) is 0 Å². The highest BCUT2D eigenvalue weighted by Crippen LogP contribution is 2.25. The maximum atomic E-state index is 12.6. The van der Waals surface area contributed by atoms with Crippen molar-refractivity contribution in [1.29, 1.82) is 0 Å². The summed E-state index contributed by atoms with van der Waals surface area (Å²) in [6.45, 7) is 2.03.